The number of Topliss-reactive ketones (excluding diaryl/α,β-unsaturated/α-hetero) is 1. The molecule has 1 saturated carbocycles. The molecule has 8 heteroatoms. The lowest BCUT2D eigenvalue weighted by atomic mass is 9.71. The molecule has 44 heavy (non-hydrogen) atoms. The molecule has 8 nitrogen and oxygen atoms in total. The van der Waals surface area contributed by atoms with Gasteiger partial charge < -0.3 is 29.2 Å². The Hall–Kier alpha value is -2.10. The molecule has 0 radical (unpaired) electrons. The molecule has 3 heterocycles. The van der Waals surface area contributed by atoms with Crippen LogP contribution in [0.15, 0.2) is 47.1 Å². The molecule has 2 saturated heterocycles. The van der Waals surface area contributed by atoms with Gasteiger partial charge in [0.25, 0.3) is 0 Å². The van der Waals surface area contributed by atoms with Gasteiger partial charge in [-0.05, 0) is 62.7 Å². The normalized spacial score (nSPS) is 41.3. The first-order chi connectivity index (χ1) is 20.9. The summed E-state index contributed by atoms with van der Waals surface area (Å²) in [7, 11) is 1.60. The summed E-state index contributed by atoms with van der Waals surface area (Å²) in [5.41, 5.74) is 0.581. The minimum absolute atomic E-state index is 0.00989. The first-order valence-electron chi connectivity index (χ1n) is 16.7. The minimum atomic E-state index is -1.53. The lowest BCUT2D eigenvalue weighted by Crippen LogP contribution is -2.59. The summed E-state index contributed by atoms with van der Waals surface area (Å²) in [4.78, 5) is 27.0. The number of aliphatic hydroxyl groups excluding tert-OH is 1. The number of rotatable bonds is 2. The molecule has 0 aromatic carbocycles. The number of carbonyl (C=O) groups is 2. The number of hydrogen-bond acceptors (Lipinski definition) is 8. The van der Waals surface area contributed by atoms with Crippen LogP contribution in [0.4, 0.5) is 0 Å². The smallest absolute Gasteiger partial charge is 0.316 e. The van der Waals surface area contributed by atoms with E-state index in [4.69, 9.17) is 18.9 Å². The number of methoxy groups -OCH3 is 1. The number of allylic oxidation sites excluding steroid dienone is 4. The van der Waals surface area contributed by atoms with E-state index in [9.17, 15) is 19.8 Å². The Labute approximate surface area is 262 Å². The average Bonchev–Trinajstić information content (AvgIpc) is 3.00. The fourth-order valence-electron chi connectivity index (χ4n) is 8.05. The van der Waals surface area contributed by atoms with Gasteiger partial charge in [-0.25, -0.2) is 0 Å². The van der Waals surface area contributed by atoms with Crippen molar-refractivity contribution >= 4 is 11.8 Å². The zero-order valence-electron chi connectivity index (χ0n) is 27.1. The van der Waals surface area contributed by atoms with E-state index in [0.717, 1.165) is 31.3 Å². The van der Waals surface area contributed by atoms with Crippen molar-refractivity contribution in [2.75, 3.05) is 7.11 Å². The first-order valence-corrected chi connectivity index (χ1v) is 16.7. The third kappa shape index (κ3) is 7.00. The molecule has 0 amide bonds. The van der Waals surface area contributed by atoms with Crippen molar-refractivity contribution in [3.8, 4) is 0 Å². The highest BCUT2D eigenvalue weighted by atomic mass is 16.7. The van der Waals surface area contributed by atoms with Crippen LogP contribution in [0.2, 0.25) is 0 Å². The van der Waals surface area contributed by atoms with Crippen LogP contribution in [0.5, 0.6) is 0 Å². The SMILES string of the molecule is CO[C@H]1C[C@@]2(O)C(C)=CC=CCC(=O)C(C)=CC[C@@H]3C[C@@H](C[C@]4(C[C@H](O)[C@H](C)C(C5CCCCC5)O4)O3)OC(=O)[C@@H]2C=C1C. The molecule has 0 aromatic heterocycles. The second-order valence-electron chi connectivity index (χ2n) is 14.0. The van der Waals surface area contributed by atoms with Crippen LogP contribution < -0.4 is 0 Å². The second-order valence-corrected chi connectivity index (χ2v) is 14.0. The van der Waals surface area contributed by atoms with Crippen LogP contribution in [0.3, 0.4) is 0 Å². The van der Waals surface area contributed by atoms with E-state index in [1.54, 1.807) is 38.3 Å². The predicted octanol–water partition coefficient (Wildman–Crippen LogP) is 5.66. The van der Waals surface area contributed by atoms with Crippen LogP contribution in [0.25, 0.3) is 0 Å². The summed E-state index contributed by atoms with van der Waals surface area (Å²) in [5.74, 6) is -2.20. The third-order valence-corrected chi connectivity index (χ3v) is 10.9. The van der Waals surface area contributed by atoms with Gasteiger partial charge in [0.05, 0.1) is 24.4 Å². The molecule has 1 unspecified atom stereocenters. The van der Waals surface area contributed by atoms with Crippen molar-refractivity contribution in [1.29, 1.82) is 0 Å². The van der Waals surface area contributed by atoms with Crippen LogP contribution >= 0.6 is 0 Å². The lowest BCUT2D eigenvalue weighted by Gasteiger charge is -2.53. The Kier molecular flexibility index (Phi) is 10.4. The summed E-state index contributed by atoms with van der Waals surface area (Å²) in [6.07, 6.45) is 14.6. The monoisotopic (exact) mass is 612 g/mol. The highest BCUT2D eigenvalue weighted by Gasteiger charge is 2.54. The van der Waals surface area contributed by atoms with Crippen molar-refractivity contribution < 1.29 is 38.7 Å². The molecule has 0 aromatic rings. The summed E-state index contributed by atoms with van der Waals surface area (Å²) in [6.45, 7) is 7.58. The van der Waals surface area contributed by atoms with E-state index >= 15 is 0 Å². The highest BCUT2D eigenvalue weighted by Crippen LogP contribution is 2.47. The fourth-order valence-corrected chi connectivity index (χ4v) is 8.05. The van der Waals surface area contributed by atoms with Crippen molar-refractivity contribution in [3.63, 3.8) is 0 Å². The van der Waals surface area contributed by atoms with Crippen LogP contribution in [0, 0.1) is 17.8 Å². The molecule has 5 rings (SSSR count). The standard InChI is InChI=1S/C36H52O8/c1-22-15-16-27-18-28(19-35(43-27)20-31(38)25(4)33(44-35)26-12-7-6-8-13-26)42-34(39)29-17-23(2)32(41-5)21-36(29,40)24(3)11-9-10-14-30(22)37/h9-11,15,17,25-29,31-33,38,40H,6-8,12-14,16,18-21H2,1-5H3/t25-,27+,28-,29-,31-,32-,33?,35-,36+/m0/s1. The Balaban J connectivity index is 1.50. The molecule has 9 atom stereocenters. The van der Waals surface area contributed by atoms with Crippen LogP contribution in [-0.4, -0.2) is 71.0 Å². The van der Waals surface area contributed by atoms with E-state index < -0.39 is 35.5 Å². The van der Waals surface area contributed by atoms with Crippen molar-refractivity contribution in [2.45, 2.75) is 140 Å². The maximum atomic E-state index is 14.0. The summed E-state index contributed by atoms with van der Waals surface area (Å²) in [6, 6.07) is 0. The number of ketones is 1. The zero-order valence-corrected chi connectivity index (χ0v) is 27.1. The molecule has 1 spiro atoms. The predicted molar refractivity (Wildman–Crippen MR) is 166 cm³/mol. The number of hydrogen-bond donors (Lipinski definition) is 2. The van der Waals surface area contributed by atoms with Gasteiger partial charge in [-0.15, -0.1) is 0 Å². The summed E-state index contributed by atoms with van der Waals surface area (Å²) in [5, 5.41) is 23.4. The van der Waals surface area contributed by atoms with Gasteiger partial charge in [0.2, 0.25) is 0 Å². The van der Waals surface area contributed by atoms with E-state index in [2.05, 4.69) is 6.92 Å². The lowest BCUT2D eigenvalue weighted by molar-refractivity contribution is -0.355. The van der Waals surface area contributed by atoms with Crippen molar-refractivity contribution in [1.82, 2.24) is 0 Å². The van der Waals surface area contributed by atoms with E-state index in [1.165, 1.54) is 6.42 Å². The number of esters is 1. The zero-order chi connectivity index (χ0) is 31.6. The van der Waals surface area contributed by atoms with Gasteiger partial charge in [0, 0.05) is 45.1 Å². The van der Waals surface area contributed by atoms with Gasteiger partial charge in [0.1, 0.15) is 17.6 Å². The molecule has 3 fully saturated rings. The Bertz CT molecular complexity index is 1190. The van der Waals surface area contributed by atoms with Gasteiger partial charge in [-0.3, -0.25) is 9.59 Å². The van der Waals surface area contributed by atoms with Gasteiger partial charge in [0.15, 0.2) is 11.6 Å². The van der Waals surface area contributed by atoms with E-state index in [-0.39, 0.29) is 49.3 Å². The third-order valence-electron chi connectivity index (χ3n) is 10.9. The molecule has 5 aliphatic rings. The Morgan fingerprint density at radius 1 is 1.00 bits per heavy atom. The first kappa shape index (κ1) is 33.3. The molecule has 2 aliphatic carbocycles. The van der Waals surface area contributed by atoms with Gasteiger partial charge in [-0.1, -0.05) is 56.6 Å². The maximum Gasteiger partial charge on any atom is 0.316 e. The molecular formula is C36H52O8. The summed E-state index contributed by atoms with van der Waals surface area (Å²) >= 11 is 0. The largest absolute Gasteiger partial charge is 0.462 e. The molecule has 3 aliphatic heterocycles. The van der Waals surface area contributed by atoms with Crippen molar-refractivity contribution in [3.05, 3.63) is 47.1 Å². The quantitative estimate of drug-likeness (QED) is 0.304. The number of fused-ring (bicyclic) bond motifs is 3. The van der Waals surface area contributed by atoms with E-state index in [0.29, 0.717) is 36.3 Å². The summed E-state index contributed by atoms with van der Waals surface area (Å²) < 4.78 is 25.5. The minimum Gasteiger partial charge on any atom is -0.462 e. The molecular weight excluding hydrogens is 560 g/mol. The average molecular weight is 613 g/mol. The van der Waals surface area contributed by atoms with Crippen LogP contribution in [-0.2, 0) is 28.5 Å². The van der Waals surface area contributed by atoms with Gasteiger partial charge >= 0.3 is 5.97 Å². The molecule has 2 bridgehead atoms. The molecule has 2 N–H and O–H groups in total. The Morgan fingerprint density at radius 2 is 1.75 bits per heavy atom. The number of ether oxygens (including phenoxy) is 4. The highest BCUT2D eigenvalue weighted by molar-refractivity contribution is 5.95. The van der Waals surface area contributed by atoms with Crippen molar-refractivity contribution in [2.24, 2.45) is 17.8 Å². The van der Waals surface area contributed by atoms with Crippen LogP contribution in [0.1, 0.15) is 98.3 Å². The number of aliphatic hydroxyl groups is 2. The second kappa shape index (κ2) is 13.7. The topological polar surface area (TPSA) is 112 Å². The number of carbonyl (C=O) groups excluding carboxylic acids is 2. The van der Waals surface area contributed by atoms with E-state index in [1.807, 2.05) is 19.9 Å². The fraction of sp³-hybridized carbons (Fsp3) is 0.722. The van der Waals surface area contributed by atoms with Gasteiger partial charge in [-0.2, -0.15) is 0 Å². The maximum absolute atomic E-state index is 14.0. The molecule has 244 valence electrons. The Morgan fingerprint density at radius 3 is 2.48 bits per heavy atom.